The summed E-state index contributed by atoms with van der Waals surface area (Å²) in [6.07, 6.45) is 1.42. The maximum atomic E-state index is 12.5. The van der Waals surface area contributed by atoms with Gasteiger partial charge in [0.15, 0.2) is 18.1 Å². The van der Waals surface area contributed by atoms with E-state index in [1.165, 1.54) is 36.5 Å². The number of nitro benzene ring substituents is 1. The van der Waals surface area contributed by atoms with Crippen LogP contribution in [-0.4, -0.2) is 36.2 Å². The number of non-ortho nitro benzene ring substituents is 1. The standard InChI is InChI=1S/C26H25N3O7/c1-4-34-23-14-19(15-27-28-24(30)16-35-25-17(2)6-5-7-18(25)3)8-13-22(23)36-26(31)20-9-11-21(12-10-20)29(32)33/h5-15H,4,16H2,1-3H3,(H,28,30)/b27-15-. The molecule has 1 N–H and O–H groups in total. The lowest BCUT2D eigenvalue weighted by molar-refractivity contribution is -0.384. The van der Waals surface area contributed by atoms with Crippen LogP contribution in [0.5, 0.6) is 17.2 Å². The van der Waals surface area contributed by atoms with E-state index in [1.807, 2.05) is 32.0 Å². The molecule has 0 fully saturated rings. The molecule has 0 spiro atoms. The molecule has 0 unspecified atom stereocenters. The summed E-state index contributed by atoms with van der Waals surface area (Å²) in [7, 11) is 0. The molecule has 0 radical (unpaired) electrons. The van der Waals surface area contributed by atoms with Gasteiger partial charge >= 0.3 is 5.97 Å². The maximum Gasteiger partial charge on any atom is 0.343 e. The van der Waals surface area contributed by atoms with Crippen LogP contribution in [0.15, 0.2) is 65.8 Å². The van der Waals surface area contributed by atoms with Gasteiger partial charge in [0, 0.05) is 12.1 Å². The lowest BCUT2D eigenvalue weighted by atomic mass is 10.1. The summed E-state index contributed by atoms with van der Waals surface area (Å²) < 4.78 is 16.6. The third-order valence-corrected chi connectivity index (χ3v) is 4.94. The average molecular weight is 492 g/mol. The number of amides is 1. The first-order chi connectivity index (χ1) is 17.3. The van der Waals surface area contributed by atoms with Crippen molar-refractivity contribution in [3.63, 3.8) is 0 Å². The largest absolute Gasteiger partial charge is 0.490 e. The van der Waals surface area contributed by atoms with Gasteiger partial charge in [0.1, 0.15) is 5.75 Å². The van der Waals surface area contributed by atoms with Gasteiger partial charge in [-0.25, -0.2) is 10.2 Å². The Bertz CT molecular complexity index is 1270. The molecule has 10 heteroatoms. The third-order valence-electron chi connectivity index (χ3n) is 4.94. The molecule has 3 aromatic rings. The number of rotatable bonds is 10. The molecule has 3 aromatic carbocycles. The van der Waals surface area contributed by atoms with Crippen molar-refractivity contribution in [2.45, 2.75) is 20.8 Å². The highest BCUT2D eigenvalue weighted by atomic mass is 16.6. The monoisotopic (exact) mass is 491 g/mol. The van der Waals surface area contributed by atoms with Crippen LogP contribution in [0.3, 0.4) is 0 Å². The molecular formula is C26H25N3O7. The molecule has 1 amide bonds. The fraction of sp³-hybridized carbons (Fsp3) is 0.192. The van der Waals surface area contributed by atoms with Crippen LogP contribution in [0.25, 0.3) is 0 Å². The summed E-state index contributed by atoms with van der Waals surface area (Å²) in [5.74, 6) is 0.0117. The molecule has 0 aromatic heterocycles. The van der Waals surface area contributed by atoms with Gasteiger partial charge in [-0.05, 0) is 67.8 Å². The fourth-order valence-corrected chi connectivity index (χ4v) is 3.21. The summed E-state index contributed by atoms with van der Waals surface area (Å²) in [5, 5.41) is 14.7. The van der Waals surface area contributed by atoms with E-state index in [9.17, 15) is 19.7 Å². The number of benzene rings is 3. The molecule has 0 aliphatic heterocycles. The van der Waals surface area contributed by atoms with Crippen molar-refractivity contribution in [1.82, 2.24) is 5.43 Å². The molecule has 0 saturated carbocycles. The number of hydrazone groups is 1. The molecule has 0 aliphatic carbocycles. The number of nitro groups is 1. The van der Waals surface area contributed by atoms with Gasteiger partial charge in [-0.15, -0.1) is 0 Å². The number of esters is 1. The van der Waals surface area contributed by atoms with Crippen LogP contribution in [0.2, 0.25) is 0 Å². The summed E-state index contributed by atoms with van der Waals surface area (Å²) in [6, 6.07) is 15.6. The second-order valence-electron chi connectivity index (χ2n) is 7.64. The third kappa shape index (κ3) is 6.89. The zero-order valence-electron chi connectivity index (χ0n) is 20.0. The number of ether oxygens (including phenoxy) is 3. The van der Waals surface area contributed by atoms with Crippen LogP contribution in [0.1, 0.15) is 34.0 Å². The molecule has 0 aliphatic rings. The molecule has 3 rings (SSSR count). The maximum absolute atomic E-state index is 12.5. The highest BCUT2D eigenvalue weighted by Gasteiger charge is 2.15. The number of para-hydroxylation sites is 1. The Labute approximate surface area is 207 Å². The Kier molecular flexibility index (Phi) is 8.71. The minimum Gasteiger partial charge on any atom is -0.490 e. The number of hydrogen-bond acceptors (Lipinski definition) is 8. The summed E-state index contributed by atoms with van der Waals surface area (Å²) in [6.45, 7) is 5.71. The summed E-state index contributed by atoms with van der Waals surface area (Å²) in [4.78, 5) is 34.8. The lowest BCUT2D eigenvalue weighted by Gasteiger charge is -2.11. The Hall–Kier alpha value is -4.73. The predicted octanol–water partition coefficient (Wildman–Crippen LogP) is 4.36. The fourth-order valence-electron chi connectivity index (χ4n) is 3.21. The van der Waals surface area contributed by atoms with Crippen molar-refractivity contribution in [1.29, 1.82) is 0 Å². The molecule has 0 heterocycles. The van der Waals surface area contributed by atoms with Crippen molar-refractivity contribution in [2.24, 2.45) is 5.10 Å². The minimum atomic E-state index is -0.691. The van der Waals surface area contributed by atoms with Crippen molar-refractivity contribution in [3.05, 3.63) is 93.0 Å². The smallest absolute Gasteiger partial charge is 0.343 e. The van der Waals surface area contributed by atoms with E-state index in [2.05, 4.69) is 10.5 Å². The van der Waals surface area contributed by atoms with Crippen LogP contribution >= 0.6 is 0 Å². The molecular weight excluding hydrogens is 466 g/mol. The van der Waals surface area contributed by atoms with Gasteiger partial charge in [-0.1, -0.05) is 18.2 Å². The van der Waals surface area contributed by atoms with Gasteiger partial charge in [-0.3, -0.25) is 14.9 Å². The van der Waals surface area contributed by atoms with Crippen molar-refractivity contribution >= 4 is 23.8 Å². The zero-order valence-corrected chi connectivity index (χ0v) is 20.0. The number of nitrogens with zero attached hydrogens (tertiary/aromatic N) is 2. The number of hydrogen-bond donors (Lipinski definition) is 1. The quantitative estimate of drug-likeness (QED) is 0.147. The normalized spacial score (nSPS) is 10.6. The number of aryl methyl sites for hydroxylation is 2. The number of carbonyl (C=O) groups excluding carboxylic acids is 2. The molecule has 186 valence electrons. The topological polar surface area (TPSA) is 129 Å². The first-order valence-electron chi connectivity index (χ1n) is 11.0. The highest BCUT2D eigenvalue weighted by Crippen LogP contribution is 2.29. The van der Waals surface area contributed by atoms with Crippen molar-refractivity contribution in [2.75, 3.05) is 13.2 Å². The molecule has 36 heavy (non-hydrogen) atoms. The second kappa shape index (κ2) is 12.1. The number of nitrogens with one attached hydrogen (secondary N) is 1. The minimum absolute atomic E-state index is 0.130. The van der Waals surface area contributed by atoms with Gasteiger partial charge in [0.05, 0.1) is 23.3 Å². The molecule has 10 nitrogen and oxygen atoms in total. The van der Waals surface area contributed by atoms with Crippen LogP contribution in [0, 0.1) is 24.0 Å². The van der Waals surface area contributed by atoms with E-state index in [4.69, 9.17) is 14.2 Å². The van der Waals surface area contributed by atoms with Crippen LogP contribution < -0.4 is 19.6 Å². The Morgan fingerprint density at radius 3 is 2.33 bits per heavy atom. The molecule has 0 atom stereocenters. The molecule has 0 saturated heterocycles. The van der Waals surface area contributed by atoms with Crippen LogP contribution in [0.4, 0.5) is 5.69 Å². The first kappa shape index (κ1) is 25.9. The summed E-state index contributed by atoms with van der Waals surface area (Å²) >= 11 is 0. The van der Waals surface area contributed by atoms with E-state index in [1.54, 1.807) is 19.1 Å². The highest BCUT2D eigenvalue weighted by molar-refractivity contribution is 5.92. The van der Waals surface area contributed by atoms with Gasteiger partial charge in [0.25, 0.3) is 11.6 Å². The van der Waals surface area contributed by atoms with E-state index in [0.29, 0.717) is 23.7 Å². The SMILES string of the molecule is CCOc1cc(/C=N\NC(=O)COc2c(C)cccc2C)ccc1OC(=O)c1ccc([N+](=O)[O-])cc1. The zero-order chi connectivity index (χ0) is 26.1. The van der Waals surface area contributed by atoms with E-state index < -0.39 is 16.8 Å². The lowest BCUT2D eigenvalue weighted by Crippen LogP contribution is -2.25. The Balaban J connectivity index is 1.61. The first-order valence-corrected chi connectivity index (χ1v) is 11.0. The van der Waals surface area contributed by atoms with Gasteiger partial charge in [-0.2, -0.15) is 5.10 Å². The van der Waals surface area contributed by atoms with E-state index in [-0.39, 0.29) is 23.6 Å². The summed E-state index contributed by atoms with van der Waals surface area (Å²) in [5.41, 5.74) is 4.88. The van der Waals surface area contributed by atoms with E-state index in [0.717, 1.165) is 11.1 Å². The second-order valence-corrected chi connectivity index (χ2v) is 7.64. The van der Waals surface area contributed by atoms with E-state index >= 15 is 0 Å². The average Bonchev–Trinajstić information content (AvgIpc) is 2.85. The van der Waals surface area contributed by atoms with Gasteiger partial charge in [0.2, 0.25) is 0 Å². The van der Waals surface area contributed by atoms with Crippen molar-refractivity contribution in [3.8, 4) is 17.2 Å². The Morgan fingerprint density at radius 1 is 1.00 bits per heavy atom. The van der Waals surface area contributed by atoms with Crippen LogP contribution in [-0.2, 0) is 4.79 Å². The Morgan fingerprint density at radius 2 is 1.69 bits per heavy atom. The number of carbonyl (C=O) groups is 2. The molecule has 0 bridgehead atoms. The van der Waals surface area contributed by atoms with Crippen molar-refractivity contribution < 1.29 is 28.7 Å². The van der Waals surface area contributed by atoms with Gasteiger partial charge < -0.3 is 14.2 Å². The predicted molar refractivity (Wildman–Crippen MR) is 133 cm³/mol.